The molecule has 0 saturated carbocycles. The first kappa shape index (κ1) is 15.5. The van der Waals surface area contributed by atoms with Crippen LogP contribution in [0.2, 0.25) is 0 Å². The van der Waals surface area contributed by atoms with Crippen LogP contribution in [0.15, 0.2) is 24.3 Å². The summed E-state index contributed by atoms with van der Waals surface area (Å²) in [7, 11) is 2.16. The van der Waals surface area contributed by atoms with E-state index in [1.807, 2.05) is 12.1 Å². The first-order chi connectivity index (χ1) is 9.15. The number of benzene rings is 1. The fourth-order valence-electron chi connectivity index (χ4n) is 1.90. The Hall–Kier alpha value is -1.53. The SMILES string of the molecule is CCC(C)CN(C)CCCOc1ccc(C#N)cc1. The third kappa shape index (κ3) is 6.26. The molecule has 1 unspecified atom stereocenters. The molecule has 0 aliphatic heterocycles. The van der Waals surface area contributed by atoms with Crippen molar-refractivity contribution in [1.82, 2.24) is 4.90 Å². The summed E-state index contributed by atoms with van der Waals surface area (Å²) >= 11 is 0. The summed E-state index contributed by atoms with van der Waals surface area (Å²) in [6.07, 6.45) is 2.25. The second-order valence-corrected chi connectivity index (χ2v) is 5.11. The number of rotatable bonds is 8. The Bertz CT molecular complexity index is 394. The summed E-state index contributed by atoms with van der Waals surface area (Å²) in [6.45, 7) is 7.43. The van der Waals surface area contributed by atoms with E-state index in [2.05, 4.69) is 31.9 Å². The molecule has 0 fully saturated rings. The van der Waals surface area contributed by atoms with Crippen molar-refractivity contribution in [3.05, 3.63) is 29.8 Å². The highest BCUT2D eigenvalue weighted by Crippen LogP contribution is 2.11. The molecule has 1 rings (SSSR count). The maximum Gasteiger partial charge on any atom is 0.119 e. The summed E-state index contributed by atoms with van der Waals surface area (Å²) in [5.41, 5.74) is 0.667. The van der Waals surface area contributed by atoms with E-state index in [0.29, 0.717) is 5.56 Å². The number of ether oxygens (including phenoxy) is 1. The highest BCUT2D eigenvalue weighted by Gasteiger charge is 2.04. The van der Waals surface area contributed by atoms with Gasteiger partial charge in [0.15, 0.2) is 0 Å². The second kappa shape index (κ2) is 8.55. The molecule has 0 heterocycles. The number of hydrogen-bond donors (Lipinski definition) is 0. The van der Waals surface area contributed by atoms with E-state index in [1.165, 1.54) is 6.42 Å². The van der Waals surface area contributed by atoms with E-state index in [4.69, 9.17) is 10.00 Å². The molecule has 0 bridgehead atoms. The van der Waals surface area contributed by atoms with Gasteiger partial charge in [0.2, 0.25) is 0 Å². The molecule has 19 heavy (non-hydrogen) atoms. The van der Waals surface area contributed by atoms with Crippen LogP contribution < -0.4 is 4.74 Å². The topological polar surface area (TPSA) is 36.3 Å². The average molecular weight is 260 g/mol. The third-order valence-corrected chi connectivity index (χ3v) is 3.26. The van der Waals surface area contributed by atoms with Crippen molar-refractivity contribution in [1.29, 1.82) is 5.26 Å². The molecule has 104 valence electrons. The van der Waals surface area contributed by atoms with Crippen LogP contribution in [0.4, 0.5) is 0 Å². The van der Waals surface area contributed by atoms with Gasteiger partial charge in [-0.2, -0.15) is 5.26 Å². The average Bonchev–Trinajstić information content (AvgIpc) is 2.44. The van der Waals surface area contributed by atoms with Gasteiger partial charge in [0, 0.05) is 13.1 Å². The van der Waals surface area contributed by atoms with Crippen LogP contribution in [-0.4, -0.2) is 31.6 Å². The number of nitrogens with zero attached hydrogens (tertiary/aromatic N) is 2. The van der Waals surface area contributed by atoms with Crippen LogP contribution >= 0.6 is 0 Å². The second-order valence-electron chi connectivity index (χ2n) is 5.11. The van der Waals surface area contributed by atoms with Gasteiger partial charge in [-0.3, -0.25) is 0 Å². The molecular weight excluding hydrogens is 236 g/mol. The highest BCUT2D eigenvalue weighted by atomic mass is 16.5. The quantitative estimate of drug-likeness (QED) is 0.673. The third-order valence-electron chi connectivity index (χ3n) is 3.26. The van der Waals surface area contributed by atoms with E-state index >= 15 is 0 Å². The zero-order chi connectivity index (χ0) is 14.1. The lowest BCUT2D eigenvalue weighted by Gasteiger charge is -2.20. The zero-order valence-electron chi connectivity index (χ0n) is 12.2. The number of nitriles is 1. The lowest BCUT2D eigenvalue weighted by atomic mass is 10.1. The van der Waals surface area contributed by atoms with E-state index in [0.717, 1.165) is 37.8 Å². The fraction of sp³-hybridized carbons (Fsp3) is 0.562. The molecule has 3 nitrogen and oxygen atoms in total. The van der Waals surface area contributed by atoms with Gasteiger partial charge in [0.1, 0.15) is 5.75 Å². The smallest absolute Gasteiger partial charge is 0.119 e. The predicted molar refractivity (Wildman–Crippen MR) is 78.2 cm³/mol. The Labute approximate surface area is 116 Å². The monoisotopic (exact) mass is 260 g/mol. The molecular formula is C16H24N2O. The summed E-state index contributed by atoms with van der Waals surface area (Å²) in [6, 6.07) is 9.36. The van der Waals surface area contributed by atoms with Crippen molar-refractivity contribution in [2.75, 3.05) is 26.7 Å². The molecule has 3 heteroatoms. The fourth-order valence-corrected chi connectivity index (χ4v) is 1.90. The summed E-state index contributed by atoms with van der Waals surface area (Å²) in [5, 5.41) is 8.70. The van der Waals surface area contributed by atoms with Crippen molar-refractivity contribution in [2.45, 2.75) is 26.7 Å². The van der Waals surface area contributed by atoms with Crippen LogP contribution in [0.25, 0.3) is 0 Å². The number of hydrogen-bond acceptors (Lipinski definition) is 3. The van der Waals surface area contributed by atoms with Crippen LogP contribution in [0.3, 0.4) is 0 Å². The molecule has 1 atom stereocenters. The highest BCUT2D eigenvalue weighted by molar-refractivity contribution is 5.34. The van der Waals surface area contributed by atoms with Crippen LogP contribution in [0.1, 0.15) is 32.3 Å². The molecule has 0 spiro atoms. The molecule has 0 aromatic heterocycles. The predicted octanol–water partition coefficient (Wildman–Crippen LogP) is 3.31. The van der Waals surface area contributed by atoms with Crippen LogP contribution in [0, 0.1) is 17.2 Å². The Morgan fingerprint density at radius 3 is 2.58 bits per heavy atom. The summed E-state index contributed by atoms with van der Waals surface area (Å²) in [5.74, 6) is 1.59. The minimum atomic E-state index is 0.667. The van der Waals surface area contributed by atoms with Crippen molar-refractivity contribution >= 4 is 0 Å². The molecule has 0 amide bonds. The maximum absolute atomic E-state index is 8.70. The lowest BCUT2D eigenvalue weighted by molar-refractivity contribution is 0.241. The van der Waals surface area contributed by atoms with Gasteiger partial charge < -0.3 is 9.64 Å². The summed E-state index contributed by atoms with van der Waals surface area (Å²) < 4.78 is 5.65. The van der Waals surface area contributed by atoms with E-state index in [1.54, 1.807) is 12.1 Å². The van der Waals surface area contributed by atoms with Gasteiger partial charge in [0.25, 0.3) is 0 Å². The van der Waals surface area contributed by atoms with Gasteiger partial charge in [-0.05, 0) is 43.7 Å². The van der Waals surface area contributed by atoms with Gasteiger partial charge >= 0.3 is 0 Å². The van der Waals surface area contributed by atoms with Crippen molar-refractivity contribution in [3.63, 3.8) is 0 Å². The van der Waals surface area contributed by atoms with Gasteiger partial charge in [0.05, 0.1) is 18.2 Å². The van der Waals surface area contributed by atoms with E-state index in [-0.39, 0.29) is 0 Å². The first-order valence-corrected chi connectivity index (χ1v) is 6.97. The minimum absolute atomic E-state index is 0.667. The van der Waals surface area contributed by atoms with E-state index < -0.39 is 0 Å². The van der Waals surface area contributed by atoms with Crippen LogP contribution in [-0.2, 0) is 0 Å². The minimum Gasteiger partial charge on any atom is -0.494 e. The molecule has 0 saturated heterocycles. The Balaban J connectivity index is 2.18. The Morgan fingerprint density at radius 1 is 1.32 bits per heavy atom. The zero-order valence-corrected chi connectivity index (χ0v) is 12.2. The molecule has 0 aliphatic rings. The van der Waals surface area contributed by atoms with Crippen molar-refractivity contribution in [3.8, 4) is 11.8 Å². The molecule has 0 radical (unpaired) electrons. The largest absolute Gasteiger partial charge is 0.494 e. The van der Waals surface area contributed by atoms with E-state index in [9.17, 15) is 0 Å². The van der Waals surface area contributed by atoms with Crippen molar-refractivity contribution < 1.29 is 4.74 Å². The lowest BCUT2D eigenvalue weighted by Crippen LogP contribution is -2.26. The summed E-state index contributed by atoms with van der Waals surface area (Å²) in [4.78, 5) is 2.36. The standard InChI is InChI=1S/C16H24N2O/c1-4-14(2)13-18(3)10-5-11-19-16-8-6-15(12-17)7-9-16/h6-9,14H,4-5,10-11,13H2,1-3H3. The Morgan fingerprint density at radius 2 is 2.00 bits per heavy atom. The van der Waals surface area contributed by atoms with Gasteiger partial charge in [-0.25, -0.2) is 0 Å². The first-order valence-electron chi connectivity index (χ1n) is 6.97. The molecule has 1 aromatic carbocycles. The molecule has 0 aliphatic carbocycles. The molecule has 1 aromatic rings. The Kier molecular flexibility index (Phi) is 6.99. The van der Waals surface area contributed by atoms with Crippen molar-refractivity contribution in [2.24, 2.45) is 5.92 Å². The van der Waals surface area contributed by atoms with Crippen LogP contribution in [0.5, 0.6) is 5.75 Å². The van der Waals surface area contributed by atoms with Gasteiger partial charge in [-0.15, -0.1) is 0 Å². The molecule has 0 N–H and O–H groups in total. The normalized spacial score (nSPS) is 12.2. The maximum atomic E-state index is 8.70. The van der Waals surface area contributed by atoms with Gasteiger partial charge in [-0.1, -0.05) is 20.3 Å².